The van der Waals surface area contributed by atoms with E-state index in [1.165, 1.54) is 12.1 Å². The van der Waals surface area contributed by atoms with Gasteiger partial charge in [0.25, 0.3) is 0 Å². The quantitative estimate of drug-likeness (QED) is 0.815. The summed E-state index contributed by atoms with van der Waals surface area (Å²) in [5.41, 5.74) is 0.647. The van der Waals surface area contributed by atoms with Crippen LogP contribution in [0.4, 0.5) is 0 Å². The van der Waals surface area contributed by atoms with Crippen molar-refractivity contribution >= 4 is 21.3 Å². The molecule has 2 aromatic rings. The summed E-state index contributed by atoms with van der Waals surface area (Å²) in [6, 6.07) is 4.35. The third kappa shape index (κ3) is 2.97. The third-order valence-electron chi connectivity index (χ3n) is 4.27. The average molecular weight is 339 g/mol. The molecule has 0 bridgehead atoms. The van der Waals surface area contributed by atoms with Crippen LogP contribution < -0.4 is 14.9 Å². The SMILES string of the molecule is CCC1CCc2c(c(=O)oc3cc(OS(N)(=O)=O)ccc23)C1O. The molecule has 2 atom stereocenters. The fraction of sp³-hybridized carbons (Fsp3) is 0.400. The first-order chi connectivity index (χ1) is 10.8. The van der Waals surface area contributed by atoms with E-state index in [-0.39, 0.29) is 17.3 Å². The maximum absolute atomic E-state index is 12.2. The predicted octanol–water partition coefficient (Wildman–Crippen LogP) is 1.38. The summed E-state index contributed by atoms with van der Waals surface area (Å²) in [6.07, 6.45) is 1.37. The Kier molecular flexibility index (Phi) is 3.91. The van der Waals surface area contributed by atoms with Crippen LogP contribution in [-0.4, -0.2) is 13.5 Å². The molecule has 3 rings (SSSR count). The Hall–Kier alpha value is -1.90. The molecule has 1 heterocycles. The van der Waals surface area contributed by atoms with Gasteiger partial charge in [0.1, 0.15) is 11.3 Å². The first-order valence-corrected chi connectivity index (χ1v) is 8.77. The summed E-state index contributed by atoms with van der Waals surface area (Å²) in [7, 11) is -4.15. The second-order valence-electron chi connectivity index (χ2n) is 5.67. The van der Waals surface area contributed by atoms with Crippen LogP contribution in [0, 0.1) is 5.92 Å². The molecule has 0 radical (unpaired) electrons. The lowest BCUT2D eigenvalue weighted by atomic mass is 9.80. The number of aliphatic hydroxyl groups excluding tert-OH is 1. The summed E-state index contributed by atoms with van der Waals surface area (Å²) in [5.74, 6) is -0.00117. The molecule has 1 aromatic carbocycles. The van der Waals surface area contributed by atoms with E-state index in [1.54, 1.807) is 6.07 Å². The van der Waals surface area contributed by atoms with Gasteiger partial charge in [0, 0.05) is 11.5 Å². The molecular weight excluding hydrogens is 322 g/mol. The lowest BCUT2D eigenvalue weighted by Crippen LogP contribution is -2.26. The van der Waals surface area contributed by atoms with E-state index in [9.17, 15) is 18.3 Å². The van der Waals surface area contributed by atoms with Crippen molar-refractivity contribution in [2.24, 2.45) is 11.1 Å². The Balaban J connectivity index is 2.16. The second-order valence-corrected chi connectivity index (χ2v) is 6.82. The first-order valence-electron chi connectivity index (χ1n) is 7.30. The largest absolute Gasteiger partial charge is 0.422 e. The summed E-state index contributed by atoms with van der Waals surface area (Å²) in [6.45, 7) is 1.97. The van der Waals surface area contributed by atoms with Gasteiger partial charge in [-0.05, 0) is 36.5 Å². The Morgan fingerprint density at radius 2 is 2.17 bits per heavy atom. The average Bonchev–Trinajstić information content (AvgIpc) is 2.45. The van der Waals surface area contributed by atoms with E-state index in [2.05, 4.69) is 4.18 Å². The number of fused-ring (bicyclic) bond motifs is 3. The van der Waals surface area contributed by atoms with Gasteiger partial charge in [-0.1, -0.05) is 13.3 Å². The van der Waals surface area contributed by atoms with Gasteiger partial charge in [-0.3, -0.25) is 0 Å². The van der Waals surface area contributed by atoms with Crippen LogP contribution in [0.5, 0.6) is 5.75 Å². The number of nitrogens with two attached hydrogens (primary N) is 1. The maximum atomic E-state index is 12.2. The molecule has 0 saturated heterocycles. The maximum Gasteiger partial charge on any atom is 0.380 e. The zero-order valence-corrected chi connectivity index (χ0v) is 13.3. The third-order valence-corrected chi connectivity index (χ3v) is 4.69. The lowest BCUT2D eigenvalue weighted by Gasteiger charge is -2.28. The molecule has 0 aliphatic heterocycles. The van der Waals surface area contributed by atoms with Crippen molar-refractivity contribution in [2.75, 3.05) is 0 Å². The van der Waals surface area contributed by atoms with Crippen LogP contribution in [0.15, 0.2) is 27.4 Å². The van der Waals surface area contributed by atoms with Gasteiger partial charge in [-0.15, -0.1) is 0 Å². The number of aliphatic hydroxyl groups is 1. The van der Waals surface area contributed by atoms with E-state index >= 15 is 0 Å². The van der Waals surface area contributed by atoms with E-state index in [1.807, 2.05) is 6.92 Å². The van der Waals surface area contributed by atoms with E-state index in [0.29, 0.717) is 17.4 Å². The normalized spacial score (nSPS) is 21.2. The van der Waals surface area contributed by atoms with Gasteiger partial charge in [-0.2, -0.15) is 13.6 Å². The van der Waals surface area contributed by atoms with E-state index in [0.717, 1.165) is 18.4 Å². The molecule has 0 spiro atoms. The van der Waals surface area contributed by atoms with Crippen LogP contribution >= 0.6 is 0 Å². The fourth-order valence-corrected chi connectivity index (χ4v) is 3.54. The van der Waals surface area contributed by atoms with Gasteiger partial charge in [0.2, 0.25) is 0 Å². The Morgan fingerprint density at radius 1 is 1.43 bits per heavy atom. The number of hydrogen-bond acceptors (Lipinski definition) is 6. The van der Waals surface area contributed by atoms with Crippen molar-refractivity contribution in [3.05, 3.63) is 39.7 Å². The van der Waals surface area contributed by atoms with E-state index in [4.69, 9.17) is 9.56 Å². The molecule has 1 aliphatic rings. The molecule has 7 nitrogen and oxygen atoms in total. The zero-order chi connectivity index (χ0) is 16.8. The molecule has 23 heavy (non-hydrogen) atoms. The Morgan fingerprint density at radius 3 is 2.83 bits per heavy atom. The summed E-state index contributed by atoms with van der Waals surface area (Å²) < 4.78 is 31.8. The van der Waals surface area contributed by atoms with Crippen LogP contribution in [-0.2, 0) is 16.7 Å². The Labute approximate surface area is 132 Å². The van der Waals surface area contributed by atoms with Crippen molar-refractivity contribution in [2.45, 2.75) is 32.3 Å². The predicted molar refractivity (Wildman–Crippen MR) is 83.3 cm³/mol. The molecule has 8 heteroatoms. The molecule has 1 aromatic heterocycles. The highest BCUT2D eigenvalue weighted by Gasteiger charge is 2.31. The number of aryl methyl sites for hydroxylation is 1. The molecule has 3 N–H and O–H groups in total. The van der Waals surface area contributed by atoms with Gasteiger partial charge in [0.05, 0.1) is 11.7 Å². The van der Waals surface area contributed by atoms with Crippen molar-refractivity contribution in [1.82, 2.24) is 0 Å². The van der Waals surface area contributed by atoms with Crippen LogP contribution in [0.3, 0.4) is 0 Å². The highest BCUT2D eigenvalue weighted by Crippen LogP contribution is 2.38. The molecule has 0 fully saturated rings. The number of hydrogen-bond donors (Lipinski definition) is 2. The summed E-state index contributed by atoms with van der Waals surface area (Å²) in [4.78, 5) is 12.2. The molecule has 1 aliphatic carbocycles. The molecule has 2 unspecified atom stereocenters. The zero-order valence-electron chi connectivity index (χ0n) is 12.5. The standard InChI is InChI=1S/C15H17NO6S/c1-2-8-3-5-11-10-6-4-9(22-23(16,19)20)7-12(10)21-15(18)13(11)14(8)17/h4,6-8,14,17H,2-3,5H2,1H3,(H2,16,19,20). The van der Waals surface area contributed by atoms with Crippen LogP contribution in [0.25, 0.3) is 11.0 Å². The van der Waals surface area contributed by atoms with Crippen LogP contribution in [0.1, 0.15) is 37.0 Å². The smallest absolute Gasteiger partial charge is 0.380 e. The van der Waals surface area contributed by atoms with Crippen molar-refractivity contribution < 1.29 is 22.1 Å². The summed E-state index contributed by atoms with van der Waals surface area (Å²) >= 11 is 0. The van der Waals surface area contributed by atoms with Crippen molar-refractivity contribution in [3.8, 4) is 5.75 Å². The first kappa shape index (κ1) is 16.0. The highest BCUT2D eigenvalue weighted by atomic mass is 32.2. The van der Waals surface area contributed by atoms with Gasteiger partial charge in [0.15, 0.2) is 0 Å². The minimum absolute atomic E-state index is 0.0350. The van der Waals surface area contributed by atoms with E-state index < -0.39 is 22.0 Å². The minimum atomic E-state index is -4.15. The topological polar surface area (TPSA) is 120 Å². The Bertz CT molecular complexity index is 917. The van der Waals surface area contributed by atoms with Gasteiger partial charge >= 0.3 is 15.9 Å². The highest BCUT2D eigenvalue weighted by molar-refractivity contribution is 7.84. The number of rotatable bonds is 3. The molecule has 124 valence electrons. The second kappa shape index (κ2) is 5.63. The van der Waals surface area contributed by atoms with Gasteiger partial charge in [-0.25, -0.2) is 4.79 Å². The summed E-state index contributed by atoms with van der Waals surface area (Å²) in [5, 5.41) is 15.9. The fourth-order valence-electron chi connectivity index (χ4n) is 3.16. The van der Waals surface area contributed by atoms with Gasteiger partial charge < -0.3 is 13.7 Å². The minimum Gasteiger partial charge on any atom is -0.422 e. The van der Waals surface area contributed by atoms with Crippen molar-refractivity contribution in [3.63, 3.8) is 0 Å². The molecular formula is C15H17NO6S. The van der Waals surface area contributed by atoms with Crippen LogP contribution in [0.2, 0.25) is 0 Å². The molecule has 0 saturated carbocycles. The van der Waals surface area contributed by atoms with Crippen molar-refractivity contribution in [1.29, 1.82) is 0 Å². The lowest BCUT2D eigenvalue weighted by molar-refractivity contribution is 0.0881. The monoisotopic (exact) mass is 339 g/mol. The number of benzene rings is 1. The molecule has 0 amide bonds.